The lowest BCUT2D eigenvalue weighted by Crippen LogP contribution is -2.28. The molecule has 2 amide bonds. The third-order valence-corrected chi connectivity index (χ3v) is 6.09. The molecule has 1 saturated heterocycles. The van der Waals surface area contributed by atoms with Crippen LogP contribution in [-0.2, 0) is 9.59 Å². The van der Waals surface area contributed by atoms with Crippen molar-refractivity contribution in [2.75, 3.05) is 0 Å². The van der Waals surface area contributed by atoms with Crippen molar-refractivity contribution in [1.29, 1.82) is 0 Å². The monoisotopic (exact) mass is 347 g/mol. The first kappa shape index (κ1) is 15.6. The van der Waals surface area contributed by atoms with Crippen molar-refractivity contribution in [3.05, 3.63) is 48.2 Å². The summed E-state index contributed by atoms with van der Waals surface area (Å²) in [5.74, 6) is -0.256. The van der Waals surface area contributed by atoms with Crippen LogP contribution < -0.4 is 0 Å². The average molecular weight is 347 g/mol. The number of para-hydroxylation sites is 1. The second-order valence-corrected chi connectivity index (χ2v) is 7.84. The SMILES string of the molecule is CC(C)n1cc(C=NN2C(=O)[C@@H]3[C@H](C2=O)[C@H]2C=C[C@H]3C2)c2ccccc21. The second-order valence-electron chi connectivity index (χ2n) is 7.84. The Bertz CT molecular complexity index is 954. The number of nitrogens with zero attached hydrogens (tertiary/aromatic N) is 3. The van der Waals surface area contributed by atoms with Crippen molar-refractivity contribution in [2.24, 2.45) is 28.8 Å². The van der Waals surface area contributed by atoms with Crippen molar-refractivity contribution < 1.29 is 9.59 Å². The highest BCUT2D eigenvalue weighted by molar-refractivity contribution is 6.07. The molecular formula is C21H21N3O2. The summed E-state index contributed by atoms with van der Waals surface area (Å²) >= 11 is 0. The number of allylic oxidation sites excluding steroid dienone is 2. The zero-order valence-corrected chi connectivity index (χ0v) is 14.9. The van der Waals surface area contributed by atoms with Crippen molar-refractivity contribution in [3.63, 3.8) is 0 Å². The lowest BCUT2D eigenvalue weighted by atomic mass is 9.85. The molecule has 1 aromatic heterocycles. The first-order valence-corrected chi connectivity index (χ1v) is 9.26. The summed E-state index contributed by atoms with van der Waals surface area (Å²) in [7, 11) is 0. The van der Waals surface area contributed by atoms with E-state index in [2.05, 4.69) is 41.7 Å². The molecule has 1 aliphatic heterocycles. The lowest BCUT2D eigenvalue weighted by Gasteiger charge is -2.13. The van der Waals surface area contributed by atoms with Gasteiger partial charge in [0.05, 0.1) is 18.1 Å². The van der Waals surface area contributed by atoms with Gasteiger partial charge >= 0.3 is 0 Å². The minimum Gasteiger partial charge on any atom is -0.344 e. The Morgan fingerprint density at radius 1 is 1.08 bits per heavy atom. The van der Waals surface area contributed by atoms with E-state index in [1.807, 2.05) is 24.4 Å². The number of hydrogen-bond acceptors (Lipinski definition) is 3. The lowest BCUT2D eigenvalue weighted by molar-refractivity contribution is -0.140. The van der Waals surface area contributed by atoms with E-state index in [1.54, 1.807) is 6.21 Å². The Balaban J connectivity index is 1.49. The second kappa shape index (κ2) is 5.40. The predicted molar refractivity (Wildman–Crippen MR) is 99.5 cm³/mol. The largest absolute Gasteiger partial charge is 0.344 e. The highest BCUT2D eigenvalue weighted by Crippen LogP contribution is 2.52. The molecule has 2 aliphatic carbocycles. The van der Waals surface area contributed by atoms with Crippen LogP contribution in [0.5, 0.6) is 0 Å². The number of hydrazone groups is 1. The van der Waals surface area contributed by atoms with Crippen molar-refractivity contribution in [1.82, 2.24) is 9.58 Å². The van der Waals surface area contributed by atoms with E-state index < -0.39 is 0 Å². The number of hydrogen-bond donors (Lipinski definition) is 0. The summed E-state index contributed by atoms with van der Waals surface area (Å²) in [6.07, 6.45) is 8.83. The van der Waals surface area contributed by atoms with E-state index in [9.17, 15) is 9.59 Å². The molecule has 132 valence electrons. The molecule has 4 atom stereocenters. The Morgan fingerprint density at radius 3 is 2.38 bits per heavy atom. The molecule has 2 aromatic rings. The first-order valence-electron chi connectivity index (χ1n) is 9.26. The summed E-state index contributed by atoms with van der Waals surface area (Å²) in [6.45, 7) is 4.26. The van der Waals surface area contributed by atoms with Gasteiger partial charge in [-0.1, -0.05) is 30.4 Å². The van der Waals surface area contributed by atoms with Crippen LogP contribution in [0.15, 0.2) is 47.7 Å². The van der Waals surface area contributed by atoms with Gasteiger partial charge in [-0.25, -0.2) is 0 Å². The zero-order chi connectivity index (χ0) is 18.0. The van der Waals surface area contributed by atoms with Gasteiger partial charge in [0.2, 0.25) is 0 Å². The summed E-state index contributed by atoms with van der Waals surface area (Å²) in [5, 5.41) is 6.51. The fraction of sp³-hybridized carbons (Fsp3) is 0.381. The van der Waals surface area contributed by atoms with Gasteiger partial charge in [0, 0.05) is 28.7 Å². The highest BCUT2D eigenvalue weighted by Gasteiger charge is 2.59. The molecule has 0 radical (unpaired) electrons. The van der Waals surface area contributed by atoms with E-state index in [0.717, 1.165) is 27.9 Å². The number of imide groups is 1. The van der Waals surface area contributed by atoms with E-state index in [1.165, 1.54) is 0 Å². The van der Waals surface area contributed by atoms with Crippen molar-refractivity contribution >= 4 is 28.9 Å². The molecule has 2 fully saturated rings. The standard InChI is InChI=1S/C21H21N3O2/c1-12(2)23-11-15(16-5-3-4-6-17(16)23)10-22-24-20(25)18-13-7-8-14(9-13)19(18)21(24)26/h3-8,10-14,18-19H,9H2,1-2H3/t13-,14-,18-,19+/m0/s1. The van der Waals surface area contributed by atoms with Crippen LogP contribution in [0.1, 0.15) is 31.9 Å². The minimum absolute atomic E-state index is 0.138. The van der Waals surface area contributed by atoms with Gasteiger partial charge in [-0.2, -0.15) is 10.1 Å². The maximum atomic E-state index is 12.7. The molecule has 3 aliphatic rings. The topological polar surface area (TPSA) is 54.7 Å². The number of rotatable bonds is 3. The van der Waals surface area contributed by atoms with Gasteiger partial charge in [-0.3, -0.25) is 9.59 Å². The molecular weight excluding hydrogens is 326 g/mol. The van der Waals surface area contributed by atoms with Crippen LogP contribution in [0.2, 0.25) is 0 Å². The van der Waals surface area contributed by atoms with Gasteiger partial charge in [0.15, 0.2) is 0 Å². The number of benzene rings is 1. The van der Waals surface area contributed by atoms with E-state index in [0.29, 0.717) is 6.04 Å². The maximum absolute atomic E-state index is 12.7. The number of aromatic nitrogens is 1. The van der Waals surface area contributed by atoms with E-state index >= 15 is 0 Å². The molecule has 1 saturated carbocycles. The quantitative estimate of drug-likeness (QED) is 0.486. The van der Waals surface area contributed by atoms with Crippen LogP contribution >= 0.6 is 0 Å². The number of carbonyl (C=O) groups is 2. The van der Waals surface area contributed by atoms with Gasteiger partial charge in [0.1, 0.15) is 0 Å². The highest BCUT2D eigenvalue weighted by atomic mass is 16.2. The predicted octanol–water partition coefficient (Wildman–Crippen LogP) is 3.36. The third kappa shape index (κ3) is 2.00. The van der Waals surface area contributed by atoms with Gasteiger partial charge in [-0.15, -0.1) is 0 Å². The minimum atomic E-state index is -0.202. The summed E-state index contributed by atoms with van der Waals surface area (Å²) in [5.41, 5.74) is 2.05. The van der Waals surface area contributed by atoms with Crippen molar-refractivity contribution in [2.45, 2.75) is 26.3 Å². The summed E-state index contributed by atoms with van der Waals surface area (Å²) < 4.78 is 2.18. The van der Waals surface area contributed by atoms with Gasteiger partial charge in [0.25, 0.3) is 11.8 Å². The van der Waals surface area contributed by atoms with Crippen LogP contribution in [-0.4, -0.2) is 27.6 Å². The Labute approximate surface area is 152 Å². The van der Waals surface area contributed by atoms with Crippen LogP contribution in [0.4, 0.5) is 0 Å². The number of carbonyl (C=O) groups excluding carboxylic acids is 2. The molecule has 0 N–H and O–H groups in total. The smallest absolute Gasteiger partial charge is 0.254 e. The van der Waals surface area contributed by atoms with Gasteiger partial charge < -0.3 is 4.57 Å². The normalized spacial score (nSPS) is 29.9. The Hall–Kier alpha value is -2.69. The fourth-order valence-electron chi connectivity index (χ4n) is 4.88. The first-order chi connectivity index (χ1) is 12.6. The Kier molecular flexibility index (Phi) is 3.23. The van der Waals surface area contributed by atoms with Crippen LogP contribution in [0, 0.1) is 23.7 Å². The molecule has 1 aromatic carbocycles. The molecule has 2 heterocycles. The zero-order valence-electron chi connectivity index (χ0n) is 14.9. The summed E-state index contributed by atoms with van der Waals surface area (Å²) in [4.78, 5) is 25.5. The maximum Gasteiger partial charge on any atom is 0.254 e. The Morgan fingerprint density at radius 2 is 1.73 bits per heavy atom. The molecule has 0 unspecified atom stereocenters. The van der Waals surface area contributed by atoms with Crippen LogP contribution in [0.3, 0.4) is 0 Å². The third-order valence-electron chi connectivity index (χ3n) is 6.09. The van der Waals surface area contributed by atoms with Crippen LogP contribution in [0.25, 0.3) is 10.9 Å². The molecule has 2 bridgehead atoms. The van der Waals surface area contributed by atoms with E-state index in [-0.39, 0.29) is 35.5 Å². The molecule has 26 heavy (non-hydrogen) atoms. The average Bonchev–Trinajstić information content (AvgIpc) is 3.37. The fourth-order valence-corrected chi connectivity index (χ4v) is 4.88. The summed E-state index contributed by atoms with van der Waals surface area (Å²) in [6, 6.07) is 8.44. The number of amides is 2. The molecule has 5 heteroatoms. The molecule has 5 nitrogen and oxygen atoms in total. The molecule has 0 spiro atoms. The van der Waals surface area contributed by atoms with Crippen molar-refractivity contribution in [3.8, 4) is 0 Å². The molecule has 5 rings (SSSR count). The number of fused-ring (bicyclic) bond motifs is 6. The van der Waals surface area contributed by atoms with Gasteiger partial charge in [-0.05, 0) is 38.2 Å². The van der Waals surface area contributed by atoms with E-state index in [4.69, 9.17) is 0 Å².